The van der Waals surface area contributed by atoms with Crippen LogP contribution in [0.2, 0.25) is 0 Å². The van der Waals surface area contributed by atoms with Crippen LogP contribution in [0.25, 0.3) is 0 Å². The summed E-state index contributed by atoms with van der Waals surface area (Å²) >= 11 is 0. The Kier molecular flexibility index (Phi) is 4.18. The molecule has 0 atom stereocenters. The minimum absolute atomic E-state index is 0.0370. The van der Waals surface area contributed by atoms with Gasteiger partial charge in [0.05, 0.1) is 17.6 Å². The van der Waals surface area contributed by atoms with Crippen LogP contribution in [-0.4, -0.2) is 46.8 Å². The van der Waals surface area contributed by atoms with Crippen molar-refractivity contribution in [2.75, 3.05) is 36.8 Å². The maximum absolute atomic E-state index is 13.0. The van der Waals surface area contributed by atoms with Gasteiger partial charge >= 0.3 is 0 Å². The molecule has 1 aromatic carbocycles. The number of piperazine rings is 1. The summed E-state index contributed by atoms with van der Waals surface area (Å²) in [6, 6.07) is 6.45. The maximum atomic E-state index is 13.0. The Labute approximate surface area is 134 Å². The number of nitrogen functional groups attached to an aromatic ring is 1. The van der Waals surface area contributed by atoms with E-state index in [-0.39, 0.29) is 18.3 Å². The molecule has 1 fully saturated rings. The van der Waals surface area contributed by atoms with Crippen LogP contribution >= 0.6 is 0 Å². The van der Waals surface area contributed by atoms with Gasteiger partial charge in [-0.1, -0.05) is 0 Å². The van der Waals surface area contributed by atoms with Gasteiger partial charge in [0, 0.05) is 31.9 Å². The fraction of sp³-hybridized carbons (Fsp3) is 0.375. The van der Waals surface area contributed by atoms with E-state index in [1.807, 2.05) is 11.8 Å². The maximum Gasteiger partial charge on any atom is 0.244 e. The average molecular weight is 317 g/mol. The largest absolute Gasteiger partial charge is 0.396 e. The molecule has 1 aliphatic heterocycles. The number of halogens is 1. The number of anilines is 2. The van der Waals surface area contributed by atoms with Crippen LogP contribution in [0.3, 0.4) is 0 Å². The highest BCUT2D eigenvalue weighted by Crippen LogP contribution is 2.17. The third-order valence-electron chi connectivity index (χ3n) is 4.25. The first-order valence-corrected chi connectivity index (χ1v) is 7.61. The van der Waals surface area contributed by atoms with Crippen LogP contribution in [0.15, 0.2) is 30.5 Å². The first-order chi connectivity index (χ1) is 11.0. The van der Waals surface area contributed by atoms with Gasteiger partial charge in [0.15, 0.2) is 0 Å². The summed E-state index contributed by atoms with van der Waals surface area (Å²) in [6.45, 7) is 4.81. The molecule has 0 radical (unpaired) electrons. The standard InChI is InChI=1S/C16H20FN5O/c1-12-15(18)10-19-22(12)11-16(23)21-8-6-20(7-9-21)14-4-2-13(17)3-5-14/h2-5,10H,6-9,11,18H2,1H3. The first kappa shape index (κ1) is 15.3. The fourth-order valence-electron chi connectivity index (χ4n) is 2.71. The number of aromatic nitrogens is 2. The highest BCUT2D eigenvalue weighted by molar-refractivity contribution is 5.76. The van der Waals surface area contributed by atoms with E-state index in [0.29, 0.717) is 18.8 Å². The summed E-state index contributed by atoms with van der Waals surface area (Å²) < 4.78 is 14.6. The molecular weight excluding hydrogens is 297 g/mol. The molecule has 23 heavy (non-hydrogen) atoms. The quantitative estimate of drug-likeness (QED) is 0.925. The fourth-order valence-corrected chi connectivity index (χ4v) is 2.71. The lowest BCUT2D eigenvalue weighted by atomic mass is 10.2. The molecule has 6 nitrogen and oxygen atoms in total. The third-order valence-corrected chi connectivity index (χ3v) is 4.25. The van der Waals surface area contributed by atoms with E-state index in [0.717, 1.165) is 24.5 Å². The number of nitrogens with zero attached hydrogens (tertiary/aromatic N) is 4. The Balaban J connectivity index is 1.57. The van der Waals surface area contributed by atoms with Crippen LogP contribution in [0, 0.1) is 12.7 Å². The Hall–Kier alpha value is -2.57. The molecule has 122 valence electrons. The molecule has 0 bridgehead atoms. The smallest absolute Gasteiger partial charge is 0.244 e. The van der Waals surface area contributed by atoms with Crippen molar-refractivity contribution in [1.82, 2.24) is 14.7 Å². The van der Waals surface area contributed by atoms with E-state index in [2.05, 4.69) is 10.00 Å². The van der Waals surface area contributed by atoms with Crippen LogP contribution in [0.1, 0.15) is 5.69 Å². The van der Waals surface area contributed by atoms with Crippen molar-refractivity contribution >= 4 is 17.3 Å². The Morgan fingerprint density at radius 1 is 1.22 bits per heavy atom. The number of nitrogens with two attached hydrogens (primary N) is 1. The van der Waals surface area contributed by atoms with Gasteiger partial charge in [-0.3, -0.25) is 9.48 Å². The number of benzene rings is 1. The highest BCUT2D eigenvalue weighted by Gasteiger charge is 2.22. The van der Waals surface area contributed by atoms with Crippen molar-refractivity contribution < 1.29 is 9.18 Å². The van der Waals surface area contributed by atoms with Gasteiger partial charge in [0.2, 0.25) is 5.91 Å². The van der Waals surface area contributed by atoms with E-state index >= 15 is 0 Å². The summed E-state index contributed by atoms with van der Waals surface area (Å²) in [4.78, 5) is 16.4. The molecule has 0 saturated carbocycles. The molecular formula is C16H20FN5O. The lowest BCUT2D eigenvalue weighted by molar-refractivity contribution is -0.132. The summed E-state index contributed by atoms with van der Waals surface area (Å²) in [5.74, 6) is -0.202. The molecule has 1 aliphatic rings. The van der Waals surface area contributed by atoms with Gasteiger partial charge in [-0.15, -0.1) is 0 Å². The van der Waals surface area contributed by atoms with Crippen molar-refractivity contribution in [3.63, 3.8) is 0 Å². The summed E-state index contributed by atoms with van der Waals surface area (Å²) in [7, 11) is 0. The molecule has 7 heteroatoms. The average Bonchev–Trinajstić information content (AvgIpc) is 2.88. The number of carbonyl (C=O) groups is 1. The van der Waals surface area contributed by atoms with E-state index in [1.54, 1.807) is 23.0 Å². The second kappa shape index (κ2) is 6.28. The molecule has 2 aromatic rings. The van der Waals surface area contributed by atoms with Crippen LogP contribution in [-0.2, 0) is 11.3 Å². The van der Waals surface area contributed by atoms with Crippen LogP contribution < -0.4 is 10.6 Å². The second-order valence-electron chi connectivity index (χ2n) is 5.69. The van der Waals surface area contributed by atoms with E-state index < -0.39 is 0 Å². The summed E-state index contributed by atoms with van der Waals surface area (Å²) in [5.41, 5.74) is 8.13. The predicted molar refractivity (Wildman–Crippen MR) is 86.6 cm³/mol. The molecule has 2 heterocycles. The van der Waals surface area contributed by atoms with Gasteiger partial charge < -0.3 is 15.5 Å². The highest BCUT2D eigenvalue weighted by atomic mass is 19.1. The van der Waals surface area contributed by atoms with Crippen LogP contribution in [0.4, 0.5) is 15.8 Å². The van der Waals surface area contributed by atoms with E-state index in [9.17, 15) is 9.18 Å². The summed E-state index contributed by atoms with van der Waals surface area (Å²) in [6.07, 6.45) is 1.56. The monoisotopic (exact) mass is 317 g/mol. The van der Waals surface area contributed by atoms with Crippen molar-refractivity contribution in [2.45, 2.75) is 13.5 Å². The number of carbonyl (C=O) groups excluding carboxylic acids is 1. The SMILES string of the molecule is Cc1c(N)cnn1CC(=O)N1CCN(c2ccc(F)cc2)CC1. The molecule has 3 rings (SSSR count). The zero-order chi connectivity index (χ0) is 16.4. The number of hydrogen-bond donors (Lipinski definition) is 1. The van der Waals surface area contributed by atoms with Gasteiger partial charge in [-0.05, 0) is 31.2 Å². The molecule has 1 aromatic heterocycles. The van der Waals surface area contributed by atoms with Gasteiger partial charge in [0.25, 0.3) is 0 Å². The predicted octanol–water partition coefficient (Wildman–Crippen LogP) is 1.26. The normalized spacial score (nSPS) is 15.0. The zero-order valence-corrected chi connectivity index (χ0v) is 13.1. The summed E-state index contributed by atoms with van der Waals surface area (Å²) in [5, 5.41) is 4.12. The molecule has 1 saturated heterocycles. The number of amides is 1. The van der Waals surface area contributed by atoms with E-state index in [4.69, 9.17) is 5.73 Å². The van der Waals surface area contributed by atoms with Crippen molar-refractivity contribution in [2.24, 2.45) is 0 Å². The third kappa shape index (κ3) is 3.28. The van der Waals surface area contributed by atoms with Crippen LogP contribution in [0.5, 0.6) is 0 Å². The van der Waals surface area contributed by atoms with Crippen molar-refractivity contribution in [1.29, 1.82) is 0 Å². The lowest BCUT2D eigenvalue weighted by Crippen LogP contribution is -2.49. The molecule has 2 N–H and O–H groups in total. The topological polar surface area (TPSA) is 67.4 Å². The minimum atomic E-state index is -0.239. The number of rotatable bonds is 3. The Morgan fingerprint density at radius 3 is 2.43 bits per heavy atom. The second-order valence-corrected chi connectivity index (χ2v) is 5.69. The van der Waals surface area contributed by atoms with Gasteiger partial charge in [-0.2, -0.15) is 5.10 Å². The van der Waals surface area contributed by atoms with Gasteiger partial charge in [0.1, 0.15) is 12.4 Å². The minimum Gasteiger partial charge on any atom is -0.396 e. The van der Waals surface area contributed by atoms with E-state index in [1.165, 1.54) is 12.1 Å². The molecule has 1 amide bonds. The Bertz CT molecular complexity index is 689. The lowest BCUT2D eigenvalue weighted by Gasteiger charge is -2.36. The molecule has 0 spiro atoms. The molecule has 0 aliphatic carbocycles. The Morgan fingerprint density at radius 2 is 1.87 bits per heavy atom. The van der Waals surface area contributed by atoms with Crippen molar-refractivity contribution in [3.05, 3.63) is 42.0 Å². The van der Waals surface area contributed by atoms with Crippen molar-refractivity contribution in [3.8, 4) is 0 Å². The van der Waals surface area contributed by atoms with Gasteiger partial charge in [-0.25, -0.2) is 4.39 Å². The molecule has 0 unspecified atom stereocenters. The number of hydrogen-bond acceptors (Lipinski definition) is 4. The zero-order valence-electron chi connectivity index (χ0n) is 13.1. The first-order valence-electron chi connectivity index (χ1n) is 7.61.